The number of halogens is 2. The zero-order valence-corrected chi connectivity index (χ0v) is 11.6. The Bertz CT molecular complexity index is 738. The van der Waals surface area contributed by atoms with Gasteiger partial charge in [-0.2, -0.15) is 14.0 Å². The Balaban J connectivity index is 2.44. The summed E-state index contributed by atoms with van der Waals surface area (Å²) in [5.74, 6) is -0.797. The summed E-state index contributed by atoms with van der Waals surface area (Å²) in [4.78, 5) is 15.7. The predicted molar refractivity (Wildman–Crippen MR) is 72.2 cm³/mol. The van der Waals surface area contributed by atoms with Crippen LogP contribution < -0.4 is 10.5 Å². The van der Waals surface area contributed by atoms with Crippen molar-refractivity contribution in [1.82, 2.24) is 4.98 Å². The molecule has 21 heavy (non-hydrogen) atoms. The second-order valence-corrected chi connectivity index (χ2v) is 5.00. The van der Waals surface area contributed by atoms with E-state index in [1.165, 1.54) is 18.2 Å². The molecule has 108 valence electrons. The van der Waals surface area contributed by atoms with Gasteiger partial charge >= 0.3 is 6.61 Å². The third-order valence-electron chi connectivity index (χ3n) is 2.58. The van der Waals surface area contributed by atoms with Gasteiger partial charge in [0, 0.05) is 5.56 Å². The molecule has 0 saturated heterocycles. The first kappa shape index (κ1) is 14.9. The summed E-state index contributed by atoms with van der Waals surface area (Å²) < 4.78 is 28.7. The molecule has 0 fully saturated rings. The number of nitrogens with two attached hydrogens (primary N) is 1. The lowest BCUT2D eigenvalue weighted by Gasteiger charge is -2.07. The smallest absolute Gasteiger partial charge is 0.387 e. The summed E-state index contributed by atoms with van der Waals surface area (Å²) >= 11 is 1.08. The Hall–Kier alpha value is -2.53. The second kappa shape index (κ2) is 5.85. The lowest BCUT2D eigenvalue weighted by atomic mass is 10.1. The second-order valence-electron chi connectivity index (χ2n) is 4.00. The van der Waals surface area contributed by atoms with E-state index in [1.54, 1.807) is 13.0 Å². The van der Waals surface area contributed by atoms with Crippen LogP contribution in [0, 0.1) is 18.3 Å². The molecule has 1 amide bonds. The Kier molecular flexibility index (Phi) is 4.14. The number of nitriles is 1. The maximum Gasteiger partial charge on any atom is 0.387 e. The minimum Gasteiger partial charge on any atom is -0.433 e. The first-order chi connectivity index (χ1) is 9.92. The fourth-order valence-electron chi connectivity index (χ4n) is 1.70. The van der Waals surface area contributed by atoms with Gasteiger partial charge in [-0.25, -0.2) is 4.98 Å². The number of nitrogens with zero attached hydrogens (tertiary/aromatic N) is 2. The van der Waals surface area contributed by atoms with Crippen LogP contribution in [0.3, 0.4) is 0 Å². The van der Waals surface area contributed by atoms with Crippen LogP contribution in [0.2, 0.25) is 0 Å². The molecule has 2 rings (SSSR count). The lowest BCUT2D eigenvalue weighted by molar-refractivity contribution is -0.0500. The minimum atomic E-state index is -3.01. The van der Waals surface area contributed by atoms with E-state index in [0.717, 1.165) is 11.3 Å². The van der Waals surface area contributed by atoms with Gasteiger partial charge in [0.15, 0.2) is 0 Å². The molecular formula is C13H9F2N3O2S. The van der Waals surface area contributed by atoms with Gasteiger partial charge in [-0.15, -0.1) is 11.3 Å². The van der Waals surface area contributed by atoms with Crippen molar-refractivity contribution >= 4 is 17.2 Å². The molecule has 0 aliphatic rings. The van der Waals surface area contributed by atoms with Crippen LogP contribution in [-0.2, 0) is 0 Å². The lowest BCUT2D eigenvalue weighted by Crippen LogP contribution is -2.09. The van der Waals surface area contributed by atoms with Gasteiger partial charge in [0.2, 0.25) is 0 Å². The third kappa shape index (κ3) is 3.14. The van der Waals surface area contributed by atoms with Gasteiger partial charge in [0.1, 0.15) is 21.7 Å². The molecule has 2 aromatic rings. The summed E-state index contributed by atoms with van der Waals surface area (Å²) in [5, 5.41) is 9.46. The monoisotopic (exact) mass is 309 g/mol. The number of hydrogen-bond donors (Lipinski definition) is 1. The molecule has 0 radical (unpaired) electrons. The molecule has 5 nitrogen and oxygen atoms in total. The van der Waals surface area contributed by atoms with Crippen LogP contribution in [0.25, 0.3) is 10.6 Å². The van der Waals surface area contributed by atoms with Crippen molar-refractivity contribution in [3.05, 3.63) is 34.3 Å². The van der Waals surface area contributed by atoms with Crippen molar-refractivity contribution in [3.8, 4) is 22.4 Å². The molecular weight excluding hydrogens is 300 g/mol. The number of primary amides is 1. The molecule has 2 N–H and O–H groups in total. The van der Waals surface area contributed by atoms with Gasteiger partial charge in [-0.1, -0.05) is 0 Å². The largest absolute Gasteiger partial charge is 0.433 e. The van der Waals surface area contributed by atoms with Crippen LogP contribution in [0.1, 0.15) is 20.9 Å². The topological polar surface area (TPSA) is 89.0 Å². The van der Waals surface area contributed by atoms with E-state index in [-0.39, 0.29) is 11.3 Å². The predicted octanol–water partition coefficient (Wildman–Crippen LogP) is 2.69. The standard InChI is InChI=1S/C13H9F2N3O2S/c1-6-10(11(17)19)21-12(18-6)7-2-3-9(20-13(14)15)8(4-7)5-16/h2-4,13H,1H3,(H2,17,19). The zero-order valence-electron chi connectivity index (χ0n) is 10.8. The van der Waals surface area contributed by atoms with Crippen LogP contribution in [0.15, 0.2) is 18.2 Å². The van der Waals surface area contributed by atoms with Gasteiger partial charge < -0.3 is 10.5 Å². The molecule has 1 aromatic carbocycles. The van der Waals surface area contributed by atoms with E-state index in [1.807, 2.05) is 0 Å². The summed E-state index contributed by atoms with van der Waals surface area (Å²) in [5.41, 5.74) is 6.18. The molecule has 0 bridgehead atoms. The van der Waals surface area contributed by atoms with Crippen molar-refractivity contribution in [2.75, 3.05) is 0 Å². The number of carbonyl (C=O) groups excluding carboxylic acids is 1. The molecule has 0 saturated carbocycles. The highest BCUT2D eigenvalue weighted by molar-refractivity contribution is 7.17. The highest BCUT2D eigenvalue weighted by Gasteiger charge is 2.16. The fourth-order valence-corrected chi connectivity index (χ4v) is 2.61. The van der Waals surface area contributed by atoms with Gasteiger partial charge in [0.05, 0.1) is 11.3 Å². The third-order valence-corrected chi connectivity index (χ3v) is 3.80. The molecule has 0 aliphatic heterocycles. The van der Waals surface area contributed by atoms with Crippen LogP contribution in [0.4, 0.5) is 8.78 Å². The molecule has 1 aromatic heterocycles. The van der Waals surface area contributed by atoms with E-state index < -0.39 is 12.5 Å². The highest BCUT2D eigenvalue weighted by Crippen LogP contribution is 2.31. The first-order valence-electron chi connectivity index (χ1n) is 5.69. The number of hydrogen-bond acceptors (Lipinski definition) is 5. The molecule has 0 unspecified atom stereocenters. The number of carbonyl (C=O) groups is 1. The maximum atomic E-state index is 12.2. The van der Waals surface area contributed by atoms with Crippen LogP contribution in [0.5, 0.6) is 5.75 Å². The number of aromatic nitrogens is 1. The van der Waals surface area contributed by atoms with Crippen molar-refractivity contribution in [2.45, 2.75) is 13.5 Å². The Morgan fingerprint density at radius 3 is 2.76 bits per heavy atom. The highest BCUT2D eigenvalue weighted by atomic mass is 32.1. The van der Waals surface area contributed by atoms with Crippen LogP contribution in [-0.4, -0.2) is 17.5 Å². The summed E-state index contributed by atoms with van der Waals surface area (Å²) in [6.07, 6.45) is 0. The van der Waals surface area contributed by atoms with Gasteiger partial charge in [-0.3, -0.25) is 4.79 Å². The quantitative estimate of drug-likeness (QED) is 0.940. The molecule has 1 heterocycles. The van der Waals surface area contributed by atoms with Gasteiger partial charge in [0.25, 0.3) is 5.91 Å². The van der Waals surface area contributed by atoms with Crippen LogP contribution >= 0.6 is 11.3 Å². The SMILES string of the molecule is Cc1nc(-c2ccc(OC(F)F)c(C#N)c2)sc1C(N)=O. The number of aryl methyl sites for hydroxylation is 1. The summed E-state index contributed by atoms with van der Waals surface area (Å²) in [6.45, 7) is -1.37. The number of ether oxygens (including phenoxy) is 1. The zero-order chi connectivity index (χ0) is 15.6. The van der Waals surface area contributed by atoms with E-state index in [9.17, 15) is 13.6 Å². The number of amides is 1. The first-order valence-corrected chi connectivity index (χ1v) is 6.50. The summed E-state index contributed by atoms with van der Waals surface area (Å²) in [7, 11) is 0. The van der Waals surface area contributed by atoms with E-state index in [4.69, 9.17) is 11.0 Å². The molecule has 0 aliphatic carbocycles. The fraction of sp³-hybridized carbons (Fsp3) is 0.154. The molecule has 0 atom stereocenters. The number of alkyl halides is 2. The van der Waals surface area contributed by atoms with Crippen molar-refractivity contribution in [3.63, 3.8) is 0 Å². The maximum absolute atomic E-state index is 12.2. The van der Waals surface area contributed by atoms with Gasteiger partial charge in [-0.05, 0) is 25.1 Å². The van der Waals surface area contributed by atoms with Crippen molar-refractivity contribution in [2.24, 2.45) is 5.73 Å². The molecule has 0 spiro atoms. The minimum absolute atomic E-state index is 0.0405. The van der Waals surface area contributed by atoms with E-state index in [2.05, 4.69) is 9.72 Å². The summed E-state index contributed by atoms with van der Waals surface area (Å²) in [6, 6.07) is 5.91. The number of thiazole rings is 1. The molecule has 8 heteroatoms. The Morgan fingerprint density at radius 1 is 1.52 bits per heavy atom. The average Bonchev–Trinajstić information content (AvgIpc) is 2.81. The Labute approximate surface area is 122 Å². The van der Waals surface area contributed by atoms with E-state index in [0.29, 0.717) is 21.1 Å². The normalized spacial score (nSPS) is 10.4. The number of benzene rings is 1. The van der Waals surface area contributed by atoms with Crippen molar-refractivity contribution in [1.29, 1.82) is 5.26 Å². The Morgan fingerprint density at radius 2 is 2.24 bits per heavy atom. The number of rotatable bonds is 4. The van der Waals surface area contributed by atoms with Crippen molar-refractivity contribution < 1.29 is 18.3 Å². The average molecular weight is 309 g/mol. The van der Waals surface area contributed by atoms with E-state index >= 15 is 0 Å².